The molecule has 1 heterocycles. The number of nitrogens with one attached hydrogen (secondary N) is 1. The number of benzene rings is 1. The Bertz CT molecular complexity index is 506. The molecule has 20 heavy (non-hydrogen) atoms. The van der Waals surface area contributed by atoms with Gasteiger partial charge in [-0.25, -0.2) is 13.1 Å². The normalized spacial score (nSPS) is 18.6. The van der Waals surface area contributed by atoms with E-state index in [9.17, 15) is 8.42 Å². The van der Waals surface area contributed by atoms with Gasteiger partial charge in [0.15, 0.2) is 0 Å². The molecule has 1 N–H and O–H groups in total. The molecule has 0 atom stereocenters. The van der Waals surface area contributed by atoms with Gasteiger partial charge in [0.1, 0.15) is 0 Å². The lowest BCUT2D eigenvalue weighted by Gasteiger charge is -2.34. The fraction of sp³-hybridized carbons (Fsp3) is 0.600. The quantitative estimate of drug-likeness (QED) is 0.904. The molecule has 0 unspecified atom stereocenters. The van der Waals surface area contributed by atoms with Crippen LogP contribution in [0, 0.1) is 0 Å². The van der Waals surface area contributed by atoms with E-state index < -0.39 is 10.0 Å². The van der Waals surface area contributed by atoms with E-state index in [-0.39, 0.29) is 11.8 Å². The highest BCUT2D eigenvalue weighted by atomic mass is 32.2. The van der Waals surface area contributed by atoms with Crippen LogP contribution in [0.2, 0.25) is 0 Å². The van der Waals surface area contributed by atoms with Crippen LogP contribution < -0.4 is 4.72 Å². The van der Waals surface area contributed by atoms with Gasteiger partial charge in [-0.1, -0.05) is 30.3 Å². The molecule has 1 aromatic rings. The maximum atomic E-state index is 12.2. The van der Waals surface area contributed by atoms with Crippen LogP contribution in [-0.2, 0) is 15.8 Å². The van der Waals surface area contributed by atoms with E-state index >= 15 is 0 Å². The van der Waals surface area contributed by atoms with Crippen molar-refractivity contribution in [3.63, 3.8) is 0 Å². The number of hydrogen-bond donors (Lipinski definition) is 1. The molecular formula is C15H24N2O2S. The zero-order chi connectivity index (χ0) is 14.6. The Labute approximate surface area is 122 Å². The highest BCUT2D eigenvalue weighted by Crippen LogP contribution is 2.14. The second-order valence-electron chi connectivity index (χ2n) is 5.77. The van der Waals surface area contributed by atoms with Crippen molar-refractivity contribution in [2.75, 3.05) is 13.1 Å². The topological polar surface area (TPSA) is 49.4 Å². The van der Waals surface area contributed by atoms with Crippen LogP contribution in [0.1, 0.15) is 32.3 Å². The number of rotatable bonds is 5. The monoisotopic (exact) mass is 296 g/mol. The van der Waals surface area contributed by atoms with Crippen molar-refractivity contribution < 1.29 is 8.42 Å². The van der Waals surface area contributed by atoms with E-state index in [1.165, 1.54) is 0 Å². The highest BCUT2D eigenvalue weighted by Gasteiger charge is 2.24. The van der Waals surface area contributed by atoms with Crippen molar-refractivity contribution in [1.29, 1.82) is 0 Å². The van der Waals surface area contributed by atoms with Crippen molar-refractivity contribution in [2.45, 2.75) is 44.5 Å². The largest absolute Gasteiger partial charge is 0.301 e. The molecule has 0 radical (unpaired) electrons. The lowest BCUT2D eigenvalue weighted by Crippen LogP contribution is -2.46. The van der Waals surface area contributed by atoms with Gasteiger partial charge < -0.3 is 4.90 Å². The van der Waals surface area contributed by atoms with E-state index in [2.05, 4.69) is 23.5 Å². The number of likely N-dealkylation sites (tertiary alicyclic amines) is 1. The zero-order valence-corrected chi connectivity index (χ0v) is 13.1. The summed E-state index contributed by atoms with van der Waals surface area (Å²) in [6, 6.07) is 9.94. The van der Waals surface area contributed by atoms with Gasteiger partial charge in [0.05, 0.1) is 5.75 Å². The van der Waals surface area contributed by atoms with Gasteiger partial charge in [0.25, 0.3) is 0 Å². The predicted molar refractivity (Wildman–Crippen MR) is 81.9 cm³/mol. The molecule has 0 aromatic heterocycles. The minimum Gasteiger partial charge on any atom is -0.301 e. The van der Waals surface area contributed by atoms with Crippen LogP contribution >= 0.6 is 0 Å². The van der Waals surface area contributed by atoms with Gasteiger partial charge >= 0.3 is 0 Å². The summed E-state index contributed by atoms with van der Waals surface area (Å²) < 4.78 is 27.2. The molecular weight excluding hydrogens is 272 g/mol. The molecule has 2 rings (SSSR count). The van der Waals surface area contributed by atoms with E-state index in [4.69, 9.17) is 0 Å². The third kappa shape index (κ3) is 4.58. The molecule has 1 aliphatic heterocycles. The summed E-state index contributed by atoms with van der Waals surface area (Å²) >= 11 is 0. The Morgan fingerprint density at radius 2 is 1.80 bits per heavy atom. The molecule has 0 bridgehead atoms. The number of nitrogens with zero attached hydrogens (tertiary/aromatic N) is 1. The van der Waals surface area contributed by atoms with Crippen molar-refractivity contribution in [3.05, 3.63) is 35.9 Å². The van der Waals surface area contributed by atoms with Crippen molar-refractivity contribution >= 4 is 10.0 Å². The number of sulfonamides is 1. The minimum absolute atomic E-state index is 0.0677. The maximum absolute atomic E-state index is 12.2. The first-order valence-electron chi connectivity index (χ1n) is 7.24. The molecule has 0 spiro atoms. The summed E-state index contributed by atoms with van der Waals surface area (Å²) in [5, 5.41) is 0. The Morgan fingerprint density at radius 3 is 2.35 bits per heavy atom. The van der Waals surface area contributed by atoms with Gasteiger partial charge in [-0.3, -0.25) is 0 Å². The Hall–Kier alpha value is -0.910. The minimum atomic E-state index is -3.24. The van der Waals surface area contributed by atoms with Crippen LogP contribution in [0.25, 0.3) is 0 Å². The van der Waals surface area contributed by atoms with E-state index in [0.717, 1.165) is 31.5 Å². The third-order valence-corrected chi connectivity index (χ3v) is 5.21. The van der Waals surface area contributed by atoms with Gasteiger partial charge in [0, 0.05) is 12.1 Å². The second-order valence-corrected chi connectivity index (χ2v) is 7.52. The summed E-state index contributed by atoms with van der Waals surface area (Å²) in [5.74, 6) is 0.0677. The molecule has 0 aliphatic carbocycles. The maximum Gasteiger partial charge on any atom is 0.216 e. The zero-order valence-electron chi connectivity index (χ0n) is 12.2. The van der Waals surface area contributed by atoms with Crippen LogP contribution in [0.5, 0.6) is 0 Å². The van der Waals surface area contributed by atoms with Crippen molar-refractivity contribution in [3.8, 4) is 0 Å². The fourth-order valence-electron chi connectivity index (χ4n) is 2.62. The molecule has 0 amide bonds. The molecule has 1 saturated heterocycles. The van der Waals surface area contributed by atoms with E-state index in [1.54, 1.807) is 0 Å². The smallest absolute Gasteiger partial charge is 0.216 e. The standard InChI is InChI=1S/C15H24N2O2S/c1-13(2)17-10-8-15(9-11-17)16-20(18,19)12-14-6-4-3-5-7-14/h3-7,13,15-16H,8-12H2,1-2H3. The molecule has 5 heteroatoms. The third-order valence-electron chi connectivity index (χ3n) is 3.81. The van der Waals surface area contributed by atoms with Crippen molar-refractivity contribution in [2.24, 2.45) is 0 Å². The number of piperidine rings is 1. The van der Waals surface area contributed by atoms with E-state index in [0.29, 0.717) is 6.04 Å². The predicted octanol–water partition coefficient (Wildman–Crippen LogP) is 1.98. The summed E-state index contributed by atoms with van der Waals surface area (Å²) in [6.07, 6.45) is 1.79. The average Bonchev–Trinajstić information content (AvgIpc) is 2.39. The Morgan fingerprint density at radius 1 is 1.20 bits per heavy atom. The van der Waals surface area contributed by atoms with Crippen LogP contribution in [0.3, 0.4) is 0 Å². The summed E-state index contributed by atoms with van der Waals surface area (Å²) in [4.78, 5) is 2.39. The second kappa shape index (κ2) is 6.70. The fourth-order valence-corrected chi connectivity index (χ4v) is 4.08. The first-order chi connectivity index (χ1) is 9.46. The number of hydrogen-bond acceptors (Lipinski definition) is 3. The Kier molecular flexibility index (Phi) is 5.18. The highest BCUT2D eigenvalue weighted by molar-refractivity contribution is 7.88. The average molecular weight is 296 g/mol. The lowest BCUT2D eigenvalue weighted by atomic mass is 10.1. The first-order valence-corrected chi connectivity index (χ1v) is 8.89. The van der Waals surface area contributed by atoms with Crippen LogP contribution in [0.15, 0.2) is 30.3 Å². The van der Waals surface area contributed by atoms with E-state index in [1.807, 2.05) is 30.3 Å². The molecule has 0 saturated carbocycles. The molecule has 1 aromatic carbocycles. The van der Waals surface area contributed by atoms with Gasteiger partial charge in [-0.2, -0.15) is 0 Å². The van der Waals surface area contributed by atoms with Gasteiger partial charge in [-0.05, 0) is 45.3 Å². The molecule has 112 valence electrons. The molecule has 1 fully saturated rings. The van der Waals surface area contributed by atoms with Crippen molar-refractivity contribution in [1.82, 2.24) is 9.62 Å². The molecule has 1 aliphatic rings. The SMILES string of the molecule is CC(C)N1CCC(NS(=O)(=O)Cc2ccccc2)CC1. The first kappa shape index (κ1) is 15.5. The van der Waals surface area contributed by atoms with Gasteiger partial charge in [-0.15, -0.1) is 0 Å². The summed E-state index contributed by atoms with van der Waals surface area (Å²) in [7, 11) is -3.24. The molecule has 4 nitrogen and oxygen atoms in total. The van der Waals surface area contributed by atoms with Gasteiger partial charge in [0.2, 0.25) is 10.0 Å². The van der Waals surface area contributed by atoms with Crippen LogP contribution in [0.4, 0.5) is 0 Å². The van der Waals surface area contributed by atoms with Crippen LogP contribution in [-0.4, -0.2) is 38.5 Å². The summed E-state index contributed by atoms with van der Waals surface area (Å²) in [5.41, 5.74) is 0.833. The lowest BCUT2D eigenvalue weighted by molar-refractivity contribution is 0.168. The summed E-state index contributed by atoms with van der Waals surface area (Å²) in [6.45, 7) is 6.30. The Balaban J connectivity index is 1.87.